The minimum Gasteiger partial charge on any atom is -0.497 e. The topological polar surface area (TPSA) is 68.5 Å². The molecular weight excluding hydrogens is 246 g/mol. The molecule has 0 saturated heterocycles. The van der Waals surface area contributed by atoms with Crippen molar-refractivity contribution in [3.63, 3.8) is 0 Å². The molecule has 0 aliphatic rings. The number of pyridine rings is 1. The lowest BCUT2D eigenvalue weighted by molar-refractivity contribution is 0.0695. The van der Waals surface area contributed by atoms with E-state index >= 15 is 0 Å². The quantitative estimate of drug-likeness (QED) is 0.918. The molecule has 1 aromatic carbocycles. The van der Waals surface area contributed by atoms with Crippen molar-refractivity contribution in [3.05, 3.63) is 39.7 Å². The van der Waals surface area contributed by atoms with E-state index in [4.69, 9.17) is 9.84 Å². The highest BCUT2D eigenvalue weighted by Gasteiger charge is 2.16. The fraction of sp³-hybridized carbons (Fsp3) is 0.286. The third-order valence-electron chi connectivity index (χ3n) is 3.14. The summed E-state index contributed by atoms with van der Waals surface area (Å²) in [6.45, 7) is 4.36. The second-order valence-electron chi connectivity index (χ2n) is 4.30. The summed E-state index contributed by atoms with van der Waals surface area (Å²) in [4.78, 5) is 23.3. The molecule has 19 heavy (non-hydrogen) atoms. The molecule has 5 nitrogen and oxygen atoms in total. The molecule has 5 heteroatoms. The lowest BCUT2D eigenvalue weighted by Crippen LogP contribution is -2.19. The van der Waals surface area contributed by atoms with Crippen molar-refractivity contribution < 1.29 is 14.6 Å². The Morgan fingerprint density at radius 2 is 2.11 bits per heavy atom. The molecule has 2 rings (SSSR count). The smallest absolute Gasteiger partial charge is 0.341 e. The maximum Gasteiger partial charge on any atom is 0.341 e. The van der Waals surface area contributed by atoms with Crippen LogP contribution in [0, 0.1) is 6.92 Å². The number of nitrogens with zero attached hydrogens (tertiary/aromatic N) is 1. The van der Waals surface area contributed by atoms with E-state index in [0.29, 0.717) is 17.7 Å². The summed E-state index contributed by atoms with van der Waals surface area (Å²) in [7, 11) is 1.51. The van der Waals surface area contributed by atoms with E-state index in [1.165, 1.54) is 13.3 Å². The predicted octanol–water partition coefficient (Wildman–Crippen LogP) is 2.04. The number of carboxylic acids is 1. The molecule has 0 saturated carbocycles. The number of benzene rings is 1. The second kappa shape index (κ2) is 4.76. The lowest BCUT2D eigenvalue weighted by Gasteiger charge is -2.13. The summed E-state index contributed by atoms with van der Waals surface area (Å²) in [5.41, 5.74) is 0.930. The summed E-state index contributed by atoms with van der Waals surface area (Å²) in [6, 6.07) is 3.41. The third kappa shape index (κ3) is 2.07. The molecule has 1 N–H and O–H groups in total. The van der Waals surface area contributed by atoms with Crippen molar-refractivity contribution >= 4 is 16.9 Å². The van der Waals surface area contributed by atoms with Crippen LogP contribution in [0.3, 0.4) is 0 Å². The molecule has 0 spiro atoms. The number of methoxy groups -OCH3 is 1. The summed E-state index contributed by atoms with van der Waals surface area (Å²) in [6.07, 6.45) is 1.40. The first kappa shape index (κ1) is 13.1. The van der Waals surface area contributed by atoms with Gasteiger partial charge in [-0.05, 0) is 31.5 Å². The van der Waals surface area contributed by atoms with E-state index in [9.17, 15) is 9.59 Å². The highest BCUT2D eigenvalue weighted by atomic mass is 16.5. The molecule has 0 aliphatic heterocycles. The zero-order valence-electron chi connectivity index (χ0n) is 11.1. The molecule has 2 aromatic rings. The number of aromatic nitrogens is 1. The molecule has 0 radical (unpaired) electrons. The van der Waals surface area contributed by atoms with Crippen molar-refractivity contribution in [3.8, 4) is 5.75 Å². The van der Waals surface area contributed by atoms with E-state index in [2.05, 4.69) is 0 Å². The van der Waals surface area contributed by atoms with Gasteiger partial charge in [-0.2, -0.15) is 0 Å². The Kier molecular flexibility index (Phi) is 3.29. The largest absolute Gasteiger partial charge is 0.497 e. The predicted molar refractivity (Wildman–Crippen MR) is 72.1 cm³/mol. The number of carboxylic acid groups (broad SMARTS) is 1. The highest BCUT2D eigenvalue weighted by Crippen LogP contribution is 2.23. The Balaban J connectivity index is 2.99. The monoisotopic (exact) mass is 261 g/mol. The highest BCUT2D eigenvalue weighted by molar-refractivity contribution is 5.93. The van der Waals surface area contributed by atoms with Gasteiger partial charge < -0.3 is 14.4 Å². The molecule has 0 fully saturated rings. The van der Waals surface area contributed by atoms with Gasteiger partial charge in [0.1, 0.15) is 11.3 Å². The van der Waals surface area contributed by atoms with Crippen molar-refractivity contribution in [2.24, 2.45) is 0 Å². The Morgan fingerprint density at radius 1 is 1.42 bits per heavy atom. The van der Waals surface area contributed by atoms with E-state index in [1.54, 1.807) is 10.6 Å². The van der Waals surface area contributed by atoms with Gasteiger partial charge in [0, 0.05) is 12.7 Å². The van der Waals surface area contributed by atoms with Crippen LogP contribution in [0.15, 0.2) is 23.1 Å². The van der Waals surface area contributed by atoms with E-state index in [-0.39, 0.29) is 5.56 Å². The number of ether oxygens (including phenoxy) is 1. The van der Waals surface area contributed by atoms with Crippen LogP contribution < -0.4 is 10.2 Å². The van der Waals surface area contributed by atoms with Crippen LogP contribution in [0.4, 0.5) is 0 Å². The molecule has 0 atom stereocenters. The normalized spacial score (nSPS) is 10.7. The Morgan fingerprint density at radius 3 is 2.63 bits per heavy atom. The van der Waals surface area contributed by atoms with Gasteiger partial charge in [0.25, 0.3) is 0 Å². The van der Waals surface area contributed by atoms with Gasteiger partial charge in [-0.1, -0.05) is 0 Å². The number of hydrogen-bond acceptors (Lipinski definition) is 3. The molecule has 1 aromatic heterocycles. The van der Waals surface area contributed by atoms with Gasteiger partial charge in [-0.25, -0.2) is 4.79 Å². The summed E-state index contributed by atoms with van der Waals surface area (Å²) >= 11 is 0. The number of fused-ring (bicyclic) bond motifs is 1. The third-order valence-corrected chi connectivity index (χ3v) is 3.14. The van der Waals surface area contributed by atoms with Gasteiger partial charge in [0.15, 0.2) is 0 Å². The molecule has 0 aliphatic carbocycles. The van der Waals surface area contributed by atoms with Crippen LogP contribution >= 0.6 is 0 Å². The Hall–Kier alpha value is -2.30. The SMILES string of the molecule is CCn1cc(C(=O)O)c(=O)c2cc(OC)cc(C)c21. The summed E-state index contributed by atoms with van der Waals surface area (Å²) in [5, 5.41) is 9.47. The Bertz CT molecular complexity index is 715. The van der Waals surface area contributed by atoms with E-state index < -0.39 is 11.4 Å². The number of aromatic carboxylic acids is 1. The molecule has 100 valence electrons. The number of rotatable bonds is 3. The number of hydrogen-bond donors (Lipinski definition) is 1. The molecule has 0 amide bonds. The molecule has 0 unspecified atom stereocenters. The zero-order chi connectivity index (χ0) is 14.2. The van der Waals surface area contributed by atoms with Crippen molar-refractivity contribution in [2.75, 3.05) is 7.11 Å². The average molecular weight is 261 g/mol. The molecular formula is C14H15NO4. The molecule has 0 bridgehead atoms. The van der Waals surface area contributed by atoms with Crippen LogP contribution in [-0.2, 0) is 6.54 Å². The minimum atomic E-state index is -1.21. The van der Waals surface area contributed by atoms with Crippen molar-refractivity contribution in [1.29, 1.82) is 0 Å². The second-order valence-corrected chi connectivity index (χ2v) is 4.30. The first-order valence-corrected chi connectivity index (χ1v) is 5.94. The standard InChI is InChI=1S/C14H15NO4/c1-4-15-7-11(14(17)18)13(16)10-6-9(19-3)5-8(2)12(10)15/h5-7H,4H2,1-3H3,(H,17,18). The summed E-state index contributed by atoms with van der Waals surface area (Å²) < 4.78 is 6.91. The maximum absolute atomic E-state index is 12.2. The summed E-state index contributed by atoms with van der Waals surface area (Å²) in [5.74, 6) is -0.665. The van der Waals surface area contributed by atoms with Crippen LogP contribution in [0.5, 0.6) is 5.75 Å². The van der Waals surface area contributed by atoms with Crippen molar-refractivity contribution in [1.82, 2.24) is 4.57 Å². The first-order chi connectivity index (χ1) is 8.99. The maximum atomic E-state index is 12.2. The van der Waals surface area contributed by atoms with Crippen LogP contribution in [0.2, 0.25) is 0 Å². The van der Waals surface area contributed by atoms with Gasteiger partial charge in [-0.3, -0.25) is 4.79 Å². The minimum absolute atomic E-state index is 0.220. The van der Waals surface area contributed by atoms with Gasteiger partial charge >= 0.3 is 5.97 Å². The number of carbonyl (C=O) groups is 1. The van der Waals surface area contributed by atoms with Gasteiger partial charge in [0.05, 0.1) is 18.0 Å². The number of aryl methyl sites for hydroxylation is 2. The first-order valence-electron chi connectivity index (χ1n) is 5.94. The van der Waals surface area contributed by atoms with E-state index in [0.717, 1.165) is 11.1 Å². The van der Waals surface area contributed by atoms with Crippen LogP contribution in [0.25, 0.3) is 10.9 Å². The molecule has 1 heterocycles. The fourth-order valence-corrected chi connectivity index (χ4v) is 2.24. The Labute approximate surface area is 110 Å². The van der Waals surface area contributed by atoms with Crippen LogP contribution in [-0.4, -0.2) is 22.8 Å². The fourth-order valence-electron chi connectivity index (χ4n) is 2.24. The zero-order valence-corrected chi connectivity index (χ0v) is 11.1. The van der Waals surface area contributed by atoms with Crippen LogP contribution in [0.1, 0.15) is 22.8 Å². The lowest BCUT2D eigenvalue weighted by atomic mass is 10.1. The van der Waals surface area contributed by atoms with E-state index in [1.807, 2.05) is 19.9 Å². The average Bonchev–Trinajstić information content (AvgIpc) is 2.39. The van der Waals surface area contributed by atoms with Gasteiger partial charge in [0.2, 0.25) is 5.43 Å². The van der Waals surface area contributed by atoms with Crippen molar-refractivity contribution in [2.45, 2.75) is 20.4 Å². The van der Waals surface area contributed by atoms with Gasteiger partial charge in [-0.15, -0.1) is 0 Å².